The van der Waals surface area contributed by atoms with Gasteiger partial charge >= 0.3 is 0 Å². The highest BCUT2D eigenvalue weighted by Gasteiger charge is 2.26. The molecule has 0 saturated carbocycles. The molecule has 25 heteroatoms. The molecule has 0 radical (unpaired) electrons. The summed E-state index contributed by atoms with van der Waals surface area (Å²) in [6.07, 6.45) is 7.60. The number of aryl methyl sites for hydroxylation is 3. The molecule has 15 rings (SSSR count). The van der Waals surface area contributed by atoms with E-state index in [1.807, 2.05) is 47.4 Å². The number of aromatic amines is 8. The average molecular weight is 1140 g/mol. The highest BCUT2D eigenvalue weighted by atomic mass is 127. The number of rotatable bonds is 3. The van der Waals surface area contributed by atoms with Crippen LogP contribution in [0.2, 0.25) is 0 Å². The molecule has 12 heterocycles. The summed E-state index contributed by atoms with van der Waals surface area (Å²) >= 11 is 8.06. The average Bonchev–Trinajstić information content (AvgIpc) is 4.29. The van der Waals surface area contributed by atoms with E-state index in [2.05, 4.69) is 177 Å². The molecule has 21 nitrogen and oxygen atoms in total. The number of hydrogen-bond acceptors (Lipinski definition) is 15. The maximum atomic E-state index is 5.63. The van der Waals surface area contributed by atoms with E-state index in [9.17, 15) is 0 Å². The van der Waals surface area contributed by atoms with Gasteiger partial charge in [0, 0.05) is 108 Å². The lowest BCUT2D eigenvalue weighted by atomic mass is 10.1. The molecule has 12 aromatic rings. The summed E-state index contributed by atoms with van der Waals surface area (Å²) in [5.74, 6) is 4.46. The van der Waals surface area contributed by atoms with Gasteiger partial charge in [-0.15, -0.1) is 40.4 Å². The topological polar surface area (TPSA) is 311 Å². The number of nitrogens with zero attached hydrogens (tertiary/aromatic N) is 10. The SMILES string of the molecule is Cc1[nH]nc2c1CCSc1c-2[nH]c2ccc(-n3cnc(N)n3)cc12.Cc1[nH]nc2c1CCSc1c-2[nH]c2ccc(I)cc12.Cc1[nH]nc2c1CCSc1c-2[nH]c2ccc(Nc3ncn[nH]3)cc12.Nc1ncn[nH]1. The molecule has 0 saturated heterocycles. The zero-order valence-electron chi connectivity index (χ0n) is 39.4. The van der Waals surface area contributed by atoms with E-state index in [0.717, 1.165) is 98.8 Å². The Bertz CT molecular complexity index is 3920. The predicted octanol–water partition coefficient (Wildman–Crippen LogP) is 9.56. The number of nitrogens with two attached hydrogens (primary N) is 2. The number of halogens is 1. The second-order valence-electron chi connectivity index (χ2n) is 17.4. The molecule has 3 aliphatic heterocycles. The highest BCUT2D eigenvalue weighted by Crippen LogP contribution is 2.45. The zero-order chi connectivity index (χ0) is 49.7. The molecule has 0 atom stereocenters. The van der Waals surface area contributed by atoms with Gasteiger partial charge in [-0.3, -0.25) is 15.3 Å². The standard InChI is InChI=1S/2C16H15N7S.C14H12IN3S.C2H4N4/c1-8-10-4-5-24-15-11-6-9(23-7-18-16(17)22-23)2-3-12(11)19-14(15)13(10)21-20-8;1-8-10-4-5-24-15-11-6-9(19-16-17-7-18-23-16)2-3-12(11)20-14(15)13(10)22-21-8;1-7-9-4-5-19-14-10-6-8(15)2-3-11(10)16-13(14)12(9)18-17-7;3-2-4-1-5-6-2/h2-3,6-7,19H,4-5H2,1H3,(H2,17,22)(H,20,21);2-3,6-7,20H,4-5H2,1H3,(H,21,22)(H2,17,18,19,23);2-3,6,16H,4-5H2,1H3,(H,17,18);1H,(H3,3,4,5,6). The van der Waals surface area contributed by atoms with Gasteiger partial charge in [-0.25, -0.2) is 24.8 Å². The minimum Gasteiger partial charge on any atom is -0.368 e. The quantitative estimate of drug-likeness (QED) is 0.0734. The lowest BCUT2D eigenvalue weighted by Gasteiger charge is -2.03. The van der Waals surface area contributed by atoms with Gasteiger partial charge in [0.2, 0.25) is 17.8 Å². The number of fused-ring (bicyclic) bond motifs is 15. The first-order chi connectivity index (χ1) is 35.6. The van der Waals surface area contributed by atoms with Crippen molar-refractivity contribution < 1.29 is 0 Å². The van der Waals surface area contributed by atoms with E-state index in [1.165, 1.54) is 80.7 Å². The van der Waals surface area contributed by atoms with Crippen molar-refractivity contribution in [3.8, 4) is 39.9 Å². The fraction of sp³-hybridized carbons (Fsp3) is 0.188. The molecule has 3 aromatic carbocycles. The molecule has 3 aliphatic rings. The summed E-state index contributed by atoms with van der Waals surface area (Å²) in [6.45, 7) is 6.27. The van der Waals surface area contributed by atoms with Crippen molar-refractivity contribution in [2.45, 2.75) is 54.7 Å². The Balaban J connectivity index is 0.000000106. The van der Waals surface area contributed by atoms with Gasteiger partial charge in [0.05, 0.1) is 22.8 Å². The van der Waals surface area contributed by atoms with E-state index in [-0.39, 0.29) is 5.95 Å². The molecule has 0 fully saturated rings. The van der Waals surface area contributed by atoms with Crippen LogP contribution in [0.15, 0.2) is 88.3 Å². The lowest BCUT2D eigenvalue weighted by molar-refractivity contribution is 0.885. The van der Waals surface area contributed by atoms with Crippen LogP contribution in [0.3, 0.4) is 0 Å². The smallest absolute Gasteiger partial charge is 0.239 e. The van der Waals surface area contributed by atoms with Crippen LogP contribution in [0, 0.1) is 24.3 Å². The molecular weight excluding hydrogens is 1090 g/mol. The van der Waals surface area contributed by atoms with Crippen LogP contribution < -0.4 is 16.8 Å². The molecule has 368 valence electrons. The van der Waals surface area contributed by atoms with E-state index in [0.29, 0.717) is 11.9 Å². The van der Waals surface area contributed by atoms with Gasteiger partial charge < -0.3 is 31.7 Å². The van der Waals surface area contributed by atoms with E-state index in [1.54, 1.807) is 11.0 Å². The number of nitrogen functional groups attached to an aromatic ring is 2. The molecule has 0 amide bonds. The fourth-order valence-electron chi connectivity index (χ4n) is 9.31. The third kappa shape index (κ3) is 8.98. The first-order valence-electron chi connectivity index (χ1n) is 23.2. The van der Waals surface area contributed by atoms with Gasteiger partial charge in [0.1, 0.15) is 36.1 Å². The van der Waals surface area contributed by atoms with E-state index < -0.39 is 0 Å². The second-order valence-corrected chi connectivity index (χ2v) is 21.9. The Kier molecular flexibility index (Phi) is 12.4. The van der Waals surface area contributed by atoms with Crippen LogP contribution in [0.25, 0.3) is 72.6 Å². The summed E-state index contributed by atoms with van der Waals surface area (Å²) in [7, 11) is 0. The van der Waals surface area contributed by atoms with Crippen LogP contribution in [-0.2, 0) is 19.3 Å². The van der Waals surface area contributed by atoms with Crippen molar-refractivity contribution in [3.05, 3.63) is 111 Å². The van der Waals surface area contributed by atoms with Crippen LogP contribution >= 0.6 is 57.9 Å². The van der Waals surface area contributed by atoms with Crippen molar-refractivity contribution in [3.63, 3.8) is 0 Å². The molecule has 9 aromatic heterocycles. The van der Waals surface area contributed by atoms with Gasteiger partial charge in [-0.05, 0) is 117 Å². The van der Waals surface area contributed by atoms with Crippen molar-refractivity contribution in [2.75, 3.05) is 34.0 Å². The van der Waals surface area contributed by atoms with Gasteiger partial charge in [0.25, 0.3) is 0 Å². The zero-order valence-corrected chi connectivity index (χ0v) is 44.0. The maximum Gasteiger partial charge on any atom is 0.239 e. The number of thioether (sulfide) groups is 3. The highest BCUT2D eigenvalue weighted by molar-refractivity contribution is 14.1. The largest absolute Gasteiger partial charge is 0.368 e. The summed E-state index contributed by atoms with van der Waals surface area (Å²) < 4.78 is 2.97. The number of H-pyrrole nitrogens is 8. The minimum atomic E-state index is 0.272. The molecular formula is C48H46IN21S3. The maximum absolute atomic E-state index is 5.63. The normalized spacial score (nSPS) is 13.4. The predicted molar refractivity (Wildman–Crippen MR) is 298 cm³/mol. The van der Waals surface area contributed by atoms with Crippen molar-refractivity contribution in [2.24, 2.45) is 0 Å². The Labute approximate surface area is 441 Å². The van der Waals surface area contributed by atoms with E-state index in [4.69, 9.17) is 11.5 Å². The summed E-state index contributed by atoms with van der Waals surface area (Å²) in [5.41, 5.74) is 30.1. The molecule has 0 aliphatic carbocycles. The van der Waals surface area contributed by atoms with Crippen molar-refractivity contribution in [1.82, 2.24) is 90.7 Å². The lowest BCUT2D eigenvalue weighted by Crippen LogP contribution is -1.96. The van der Waals surface area contributed by atoms with Gasteiger partial charge in [-0.2, -0.15) is 30.5 Å². The minimum absolute atomic E-state index is 0.272. The first kappa shape index (κ1) is 46.6. The van der Waals surface area contributed by atoms with Crippen LogP contribution in [0.4, 0.5) is 23.5 Å². The Hall–Kier alpha value is -7.49. The molecule has 0 spiro atoms. The van der Waals surface area contributed by atoms with Crippen LogP contribution in [0.1, 0.15) is 33.8 Å². The molecule has 0 bridgehead atoms. The first-order valence-corrected chi connectivity index (χ1v) is 27.2. The molecule has 73 heavy (non-hydrogen) atoms. The van der Waals surface area contributed by atoms with E-state index >= 15 is 0 Å². The molecule has 0 unspecified atom stereocenters. The van der Waals surface area contributed by atoms with Crippen LogP contribution in [0.5, 0.6) is 0 Å². The summed E-state index contributed by atoms with van der Waals surface area (Å²) in [4.78, 5) is 26.1. The number of hydrogen-bond donors (Lipinski definition) is 11. The number of benzene rings is 3. The summed E-state index contributed by atoms with van der Waals surface area (Å²) in [5, 5.41) is 46.6. The number of anilines is 4. The fourth-order valence-corrected chi connectivity index (χ4v) is 13.2. The van der Waals surface area contributed by atoms with Crippen molar-refractivity contribution >= 4 is 114 Å². The summed E-state index contributed by atoms with van der Waals surface area (Å²) in [6, 6.07) is 19.0. The Morgan fingerprint density at radius 3 is 1.56 bits per heavy atom. The monoisotopic (exact) mass is 1140 g/mol. The third-order valence-corrected chi connectivity index (χ3v) is 16.8. The Morgan fingerprint density at radius 1 is 0.575 bits per heavy atom. The number of nitrogens with one attached hydrogen (secondary N) is 9. The number of aromatic nitrogens is 18. The van der Waals surface area contributed by atoms with Crippen molar-refractivity contribution in [1.29, 1.82) is 0 Å². The molecule has 13 N–H and O–H groups in total. The van der Waals surface area contributed by atoms with Gasteiger partial charge in [-0.1, -0.05) is 0 Å². The second kappa shape index (κ2) is 19.5. The Morgan fingerprint density at radius 2 is 1.08 bits per heavy atom. The van der Waals surface area contributed by atoms with Gasteiger partial charge in [0.15, 0.2) is 0 Å². The van der Waals surface area contributed by atoms with Crippen LogP contribution in [-0.4, -0.2) is 108 Å². The third-order valence-electron chi connectivity index (χ3n) is 12.8.